The van der Waals surface area contributed by atoms with Gasteiger partial charge in [-0.25, -0.2) is 9.59 Å². The second-order valence-corrected chi connectivity index (χ2v) is 3.05. The third-order valence-electron chi connectivity index (χ3n) is 1.85. The van der Waals surface area contributed by atoms with Crippen LogP contribution >= 0.6 is 0 Å². The quantitative estimate of drug-likeness (QED) is 0.342. The summed E-state index contributed by atoms with van der Waals surface area (Å²) < 4.78 is 9.64. The number of hydrogen-bond acceptors (Lipinski definition) is 5. The number of aliphatic carboxylic acids is 1. The molecule has 0 aromatic carbocycles. The molecule has 6 nitrogen and oxygen atoms in total. The van der Waals surface area contributed by atoms with Crippen molar-refractivity contribution in [1.82, 2.24) is 0 Å². The predicted molar refractivity (Wildman–Crippen MR) is 56.9 cm³/mol. The van der Waals surface area contributed by atoms with Crippen molar-refractivity contribution in [3.63, 3.8) is 0 Å². The smallest absolute Gasteiger partial charge is 0.345 e. The van der Waals surface area contributed by atoms with Gasteiger partial charge < -0.3 is 19.4 Å². The Hall–Kier alpha value is -2.08. The molecule has 0 aliphatic carbocycles. The molecule has 92 valence electrons. The first-order valence-electron chi connectivity index (χ1n) is 4.90. The Kier molecular flexibility index (Phi) is 4.47. The summed E-state index contributed by atoms with van der Waals surface area (Å²) in [5, 5.41) is 17.6. The van der Waals surface area contributed by atoms with Crippen LogP contribution in [0.4, 0.5) is 0 Å². The highest BCUT2D eigenvalue weighted by molar-refractivity contribution is 6.16. The van der Waals surface area contributed by atoms with Crippen LogP contribution in [0.15, 0.2) is 22.1 Å². The SMILES string of the molecule is CCOC(=O)/C(=C/c1ccc(CO)o1)C(=O)O. The van der Waals surface area contributed by atoms with Crippen LogP contribution in [0.2, 0.25) is 0 Å². The largest absolute Gasteiger partial charge is 0.477 e. The van der Waals surface area contributed by atoms with Crippen LogP contribution in [0, 0.1) is 0 Å². The molecule has 1 aromatic rings. The summed E-state index contributed by atoms with van der Waals surface area (Å²) in [4.78, 5) is 22.1. The lowest BCUT2D eigenvalue weighted by Gasteiger charge is -2.01. The number of carbonyl (C=O) groups is 2. The molecule has 0 atom stereocenters. The molecule has 6 heteroatoms. The normalized spacial score (nSPS) is 11.3. The summed E-state index contributed by atoms with van der Waals surface area (Å²) in [6.45, 7) is 1.37. The van der Waals surface area contributed by atoms with Gasteiger partial charge in [0.25, 0.3) is 0 Å². The number of aliphatic hydroxyl groups is 1. The summed E-state index contributed by atoms with van der Waals surface area (Å²) in [6.07, 6.45) is 1.06. The predicted octanol–water partition coefficient (Wildman–Crippen LogP) is 0.803. The Morgan fingerprint density at radius 3 is 2.65 bits per heavy atom. The molecule has 17 heavy (non-hydrogen) atoms. The molecule has 0 aliphatic rings. The summed E-state index contributed by atoms with van der Waals surface area (Å²) in [6, 6.07) is 2.93. The molecule has 0 amide bonds. The number of rotatable bonds is 5. The van der Waals surface area contributed by atoms with Crippen molar-refractivity contribution in [2.45, 2.75) is 13.5 Å². The van der Waals surface area contributed by atoms with Crippen LogP contribution in [0.1, 0.15) is 18.4 Å². The first-order chi connectivity index (χ1) is 8.08. The van der Waals surface area contributed by atoms with Crippen LogP contribution in [0.5, 0.6) is 0 Å². The van der Waals surface area contributed by atoms with Gasteiger partial charge in [-0.2, -0.15) is 0 Å². The Labute approximate surface area is 97.1 Å². The second kappa shape index (κ2) is 5.86. The first kappa shape index (κ1) is 13.0. The van der Waals surface area contributed by atoms with Crippen LogP contribution in [0.25, 0.3) is 6.08 Å². The van der Waals surface area contributed by atoms with Gasteiger partial charge in [0.2, 0.25) is 0 Å². The average molecular weight is 240 g/mol. The minimum Gasteiger partial charge on any atom is -0.477 e. The van der Waals surface area contributed by atoms with Gasteiger partial charge in [0.15, 0.2) is 0 Å². The van der Waals surface area contributed by atoms with Gasteiger partial charge in [0.05, 0.1) is 6.61 Å². The van der Waals surface area contributed by atoms with Crippen LogP contribution < -0.4 is 0 Å². The lowest BCUT2D eigenvalue weighted by molar-refractivity contribution is -0.143. The van der Waals surface area contributed by atoms with E-state index in [1.54, 1.807) is 6.92 Å². The highest BCUT2D eigenvalue weighted by atomic mass is 16.5. The summed E-state index contributed by atoms with van der Waals surface area (Å²) in [5.74, 6) is -1.88. The van der Waals surface area contributed by atoms with Gasteiger partial charge in [-0.05, 0) is 19.1 Å². The summed E-state index contributed by atoms with van der Waals surface area (Å²) in [7, 11) is 0. The highest BCUT2D eigenvalue weighted by Gasteiger charge is 2.19. The van der Waals surface area contributed by atoms with E-state index in [-0.39, 0.29) is 24.7 Å². The lowest BCUT2D eigenvalue weighted by Crippen LogP contribution is -2.15. The van der Waals surface area contributed by atoms with Gasteiger partial charge in [-0.15, -0.1) is 0 Å². The van der Waals surface area contributed by atoms with Gasteiger partial charge >= 0.3 is 11.9 Å². The molecule has 0 unspecified atom stereocenters. The zero-order chi connectivity index (χ0) is 12.8. The fourth-order valence-corrected chi connectivity index (χ4v) is 1.12. The number of carboxylic acids is 1. The summed E-state index contributed by atoms with van der Waals surface area (Å²) >= 11 is 0. The van der Waals surface area contributed by atoms with Crippen molar-refractivity contribution < 1.29 is 29.0 Å². The molecule has 0 fully saturated rings. The maximum absolute atomic E-state index is 11.3. The van der Waals surface area contributed by atoms with Crippen molar-refractivity contribution in [3.05, 3.63) is 29.2 Å². The number of furan rings is 1. The Balaban J connectivity index is 2.97. The molecule has 2 N–H and O–H groups in total. The van der Waals surface area contributed by atoms with E-state index in [1.807, 2.05) is 0 Å². The van der Waals surface area contributed by atoms with Crippen molar-refractivity contribution in [1.29, 1.82) is 0 Å². The molecule has 0 spiro atoms. The molecule has 0 aliphatic heterocycles. The number of carbonyl (C=O) groups excluding carboxylic acids is 1. The maximum atomic E-state index is 11.3. The van der Waals surface area contributed by atoms with Crippen molar-refractivity contribution >= 4 is 18.0 Å². The van der Waals surface area contributed by atoms with E-state index >= 15 is 0 Å². The van der Waals surface area contributed by atoms with E-state index in [2.05, 4.69) is 4.74 Å². The average Bonchev–Trinajstić information content (AvgIpc) is 2.73. The van der Waals surface area contributed by atoms with E-state index < -0.39 is 17.5 Å². The van der Waals surface area contributed by atoms with E-state index in [0.717, 1.165) is 6.08 Å². The Bertz CT molecular complexity index is 443. The fraction of sp³-hybridized carbons (Fsp3) is 0.273. The van der Waals surface area contributed by atoms with Gasteiger partial charge in [0.1, 0.15) is 23.7 Å². The van der Waals surface area contributed by atoms with Gasteiger partial charge in [-0.3, -0.25) is 0 Å². The van der Waals surface area contributed by atoms with E-state index in [4.69, 9.17) is 14.6 Å². The minimum atomic E-state index is -1.40. The maximum Gasteiger partial charge on any atom is 0.345 e. The van der Waals surface area contributed by atoms with E-state index in [9.17, 15) is 9.59 Å². The zero-order valence-corrected chi connectivity index (χ0v) is 9.17. The Morgan fingerprint density at radius 1 is 1.47 bits per heavy atom. The molecule has 0 bridgehead atoms. The lowest BCUT2D eigenvalue weighted by atomic mass is 10.2. The highest BCUT2D eigenvalue weighted by Crippen LogP contribution is 2.13. The molecule has 0 radical (unpaired) electrons. The van der Waals surface area contributed by atoms with E-state index in [1.165, 1.54) is 12.1 Å². The minimum absolute atomic E-state index is 0.0868. The molecule has 1 aromatic heterocycles. The molecule has 1 rings (SSSR count). The number of hydrogen-bond donors (Lipinski definition) is 2. The summed E-state index contributed by atoms with van der Waals surface area (Å²) in [5.41, 5.74) is -0.523. The van der Waals surface area contributed by atoms with Crippen LogP contribution in [-0.2, 0) is 20.9 Å². The number of aliphatic hydroxyl groups excluding tert-OH is 1. The zero-order valence-electron chi connectivity index (χ0n) is 9.17. The second-order valence-electron chi connectivity index (χ2n) is 3.05. The topological polar surface area (TPSA) is 97.0 Å². The molecule has 0 saturated carbocycles. The fourth-order valence-electron chi connectivity index (χ4n) is 1.12. The number of carboxylic acid groups (broad SMARTS) is 1. The van der Waals surface area contributed by atoms with Crippen LogP contribution in [-0.4, -0.2) is 28.8 Å². The standard InChI is InChI=1S/C11H12O6/c1-2-16-11(15)9(10(13)14)5-7-3-4-8(6-12)17-7/h3-5,12H,2,6H2,1H3,(H,13,14)/b9-5+. The molecule has 1 heterocycles. The third-order valence-corrected chi connectivity index (χ3v) is 1.85. The van der Waals surface area contributed by atoms with Gasteiger partial charge in [0, 0.05) is 6.08 Å². The Morgan fingerprint density at radius 2 is 2.18 bits per heavy atom. The monoisotopic (exact) mass is 240 g/mol. The molecule has 0 saturated heterocycles. The number of ether oxygens (including phenoxy) is 1. The van der Waals surface area contributed by atoms with E-state index in [0.29, 0.717) is 0 Å². The van der Waals surface area contributed by atoms with Crippen molar-refractivity contribution in [2.24, 2.45) is 0 Å². The first-order valence-corrected chi connectivity index (χ1v) is 4.90. The number of esters is 1. The molecular weight excluding hydrogens is 228 g/mol. The van der Waals surface area contributed by atoms with Gasteiger partial charge in [-0.1, -0.05) is 0 Å². The molecular formula is C11H12O6. The van der Waals surface area contributed by atoms with Crippen molar-refractivity contribution in [3.8, 4) is 0 Å². The van der Waals surface area contributed by atoms with Crippen molar-refractivity contribution in [2.75, 3.05) is 6.61 Å². The van der Waals surface area contributed by atoms with Crippen LogP contribution in [0.3, 0.4) is 0 Å². The third kappa shape index (κ3) is 3.46.